The van der Waals surface area contributed by atoms with E-state index in [4.69, 9.17) is 4.74 Å². The normalized spacial score (nSPS) is 40.6. The fraction of sp³-hybridized carbons (Fsp3) is 0.778. The van der Waals surface area contributed by atoms with E-state index in [2.05, 4.69) is 21.2 Å². The van der Waals surface area contributed by atoms with Gasteiger partial charge in [0.15, 0.2) is 0 Å². The predicted molar refractivity (Wildman–Crippen MR) is 52.9 cm³/mol. The Hall–Kier alpha value is -0.580. The van der Waals surface area contributed by atoms with Gasteiger partial charge in [-0.05, 0) is 12.8 Å². The van der Waals surface area contributed by atoms with Crippen LogP contribution in [0.4, 0.5) is 0 Å². The van der Waals surface area contributed by atoms with Crippen LogP contribution < -0.4 is 5.32 Å². The van der Waals surface area contributed by atoms with E-state index in [0.29, 0.717) is 6.42 Å². The van der Waals surface area contributed by atoms with Crippen LogP contribution in [-0.2, 0) is 14.3 Å². The highest BCUT2D eigenvalue weighted by Crippen LogP contribution is 2.37. The van der Waals surface area contributed by atoms with Crippen LogP contribution in [0.5, 0.6) is 0 Å². The lowest BCUT2D eigenvalue weighted by atomic mass is 9.86. The Morgan fingerprint density at radius 2 is 2.29 bits per heavy atom. The van der Waals surface area contributed by atoms with Crippen molar-refractivity contribution in [1.82, 2.24) is 5.32 Å². The van der Waals surface area contributed by atoms with Crippen LogP contribution in [-0.4, -0.2) is 28.8 Å². The van der Waals surface area contributed by atoms with Gasteiger partial charge >= 0.3 is 5.97 Å². The fourth-order valence-electron chi connectivity index (χ4n) is 2.15. The Morgan fingerprint density at radius 1 is 1.57 bits per heavy atom. The molecule has 1 saturated carbocycles. The summed E-state index contributed by atoms with van der Waals surface area (Å²) in [5.41, 5.74) is 0. The van der Waals surface area contributed by atoms with Crippen LogP contribution in [0, 0.1) is 5.92 Å². The first kappa shape index (κ1) is 9.96. The molecule has 1 aliphatic carbocycles. The van der Waals surface area contributed by atoms with Crippen LogP contribution in [0.2, 0.25) is 0 Å². The molecule has 0 aromatic rings. The summed E-state index contributed by atoms with van der Waals surface area (Å²) >= 11 is 3.47. The molecule has 4 nitrogen and oxygen atoms in total. The molecule has 0 unspecified atom stereocenters. The Bertz CT molecular complexity index is 281. The zero-order valence-corrected chi connectivity index (χ0v) is 9.41. The molecule has 1 N–H and O–H groups in total. The van der Waals surface area contributed by atoms with Crippen molar-refractivity contribution >= 4 is 27.8 Å². The summed E-state index contributed by atoms with van der Waals surface area (Å²) in [7, 11) is 0. The minimum Gasteiger partial charge on any atom is -0.461 e. The van der Waals surface area contributed by atoms with Crippen molar-refractivity contribution in [2.75, 3.05) is 0 Å². The molecule has 2 bridgehead atoms. The maximum atomic E-state index is 11.3. The Balaban J connectivity index is 2.07. The molecule has 14 heavy (non-hydrogen) atoms. The second-order valence-corrected chi connectivity index (χ2v) is 4.95. The smallest absolute Gasteiger partial charge is 0.309 e. The summed E-state index contributed by atoms with van der Waals surface area (Å²) < 4.78 is 5.17. The molecule has 0 aromatic carbocycles. The number of carbonyl (C=O) groups excluding carboxylic acids is 2. The molecule has 0 radical (unpaired) electrons. The van der Waals surface area contributed by atoms with E-state index in [1.165, 1.54) is 6.92 Å². The zero-order valence-electron chi connectivity index (χ0n) is 7.83. The quantitative estimate of drug-likeness (QED) is 0.556. The molecule has 1 heterocycles. The van der Waals surface area contributed by atoms with E-state index < -0.39 is 0 Å². The molecule has 2 aliphatic rings. The number of ether oxygens (including phenoxy) is 1. The largest absolute Gasteiger partial charge is 0.461 e. The van der Waals surface area contributed by atoms with Crippen LogP contribution in [0.15, 0.2) is 0 Å². The van der Waals surface area contributed by atoms with Gasteiger partial charge in [-0.3, -0.25) is 9.59 Å². The van der Waals surface area contributed by atoms with Crippen molar-refractivity contribution in [2.45, 2.75) is 36.7 Å². The highest BCUT2D eigenvalue weighted by molar-refractivity contribution is 9.09. The average molecular weight is 262 g/mol. The average Bonchev–Trinajstić information content (AvgIpc) is 2.39. The van der Waals surface area contributed by atoms with Gasteiger partial charge in [-0.15, -0.1) is 0 Å². The van der Waals surface area contributed by atoms with E-state index in [0.717, 1.165) is 6.42 Å². The lowest BCUT2D eigenvalue weighted by Crippen LogP contribution is -2.47. The third kappa shape index (κ3) is 1.65. The van der Waals surface area contributed by atoms with Crippen LogP contribution in [0.25, 0.3) is 0 Å². The zero-order chi connectivity index (χ0) is 10.3. The Kier molecular flexibility index (Phi) is 2.51. The summed E-state index contributed by atoms with van der Waals surface area (Å²) in [4.78, 5) is 22.2. The minimum absolute atomic E-state index is 0.0164. The van der Waals surface area contributed by atoms with E-state index in [-0.39, 0.29) is 34.8 Å². The molecule has 1 saturated heterocycles. The van der Waals surface area contributed by atoms with Crippen molar-refractivity contribution < 1.29 is 14.3 Å². The highest BCUT2D eigenvalue weighted by Gasteiger charge is 2.47. The molecule has 2 fully saturated rings. The lowest BCUT2D eigenvalue weighted by molar-refractivity contribution is -0.143. The number of nitrogens with one attached hydrogen (secondary N) is 1. The molecule has 78 valence electrons. The molecule has 2 rings (SSSR count). The van der Waals surface area contributed by atoms with E-state index in [1.807, 2.05) is 0 Å². The van der Waals surface area contributed by atoms with Gasteiger partial charge < -0.3 is 10.1 Å². The topological polar surface area (TPSA) is 55.4 Å². The molecule has 1 amide bonds. The van der Waals surface area contributed by atoms with Crippen molar-refractivity contribution in [2.24, 2.45) is 5.92 Å². The highest BCUT2D eigenvalue weighted by atomic mass is 79.9. The summed E-state index contributed by atoms with van der Waals surface area (Å²) in [6, 6.07) is 0.0164. The molecule has 1 aliphatic heterocycles. The predicted octanol–water partition coefficient (Wildman–Crippen LogP) is 0.590. The number of alkyl halides is 1. The molecule has 5 heteroatoms. The minimum atomic E-state index is -0.118. The van der Waals surface area contributed by atoms with Gasteiger partial charge in [-0.2, -0.15) is 0 Å². The van der Waals surface area contributed by atoms with Crippen LogP contribution in [0.1, 0.15) is 19.8 Å². The van der Waals surface area contributed by atoms with Crippen molar-refractivity contribution in [3.63, 3.8) is 0 Å². The number of esters is 1. The molecular formula is C9H12BrNO3. The van der Waals surface area contributed by atoms with Crippen molar-refractivity contribution in [1.29, 1.82) is 0 Å². The van der Waals surface area contributed by atoms with Gasteiger partial charge in [0.2, 0.25) is 5.91 Å². The summed E-state index contributed by atoms with van der Waals surface area (Å²) in [5, 5.41) is 2.83. The number of fused-ring (bicyclic) bond motifs is 2. The summed E-state index contributed by atoms with van der Waals surface area (Å²) in [6.45, 7) is 1.49. The molecule has 0 spiro atoms. The fourth-order valence-corrected chi connectivity index (χ4v) is 2.82. The Morgan fingerprint density at radius 3 is 2.93 bits per heavy atom. The second-order valence-electron chi connectivity index (χ2n) is 3.90. The Labute approximate surface area is 90.5 Å². The third-order valence-corrected chi connectivity index (χ3v) is 4.01. The first-order valence-corrected chi connectivity index (χ1v) is 5.61. The number of rotatable bonds is 1. The number of amides is 1. The monoisotopic (exact) mass is 261 g/mol. The SMILES string of the molecule is CC(=O)N[C@H]1C[C@@H]2C[C@@H](OC2=O)[C@@H]1Br. The van der Waals surface area contributed by atoms with E-state index in [1.54, 1.807) is 0 Å². The van der Waals surface area contributed by atoms with Crippen LogP contribution >= 0.6 is 15.9 Å². The molecular weight excluding hydrogens is 250 g/mol. The number of hydrogen-bond acceptors (Lipinski definition) is 3. The molecule has 0 aromatic heterocycles. The van der Waals surface area contributed by atoms with Gasteiger partial charge in [0.1, 0.15) is 6.10 Å². The van der Waals surface area contributed by atoms with Crippen LogP contribution in [0.3, 0.4) is 0 Å². The number of carbonyl (C=O) groups is 2. The van der Waals surface area contributed by atoms with Crippen molar-refractivity contribution in [3.05, 3.63) is 0 Å². The summed E-state index contributed by atoms with van der Waals surface area (Å²) in [5.74, 6) is -0.203. The first-order chi connectivity index (χ1) is 6.58. The second kappa shape index (κ2) is 3.53. The van der Waals surface area contributed by atoms with Crippen molar-refractivity contribution in [3.8, 4) is 0 Å². The van der Waals surface area contributed by atoms with E-state index >= 15 is 0 Å². The number of halogens is 1. The summed E-state index contributed by atoms with van der Waals surface area (Å²) in [6.07, 6.45) is 1.40. The lowest BCUT2D eigenvalue weighted by Gasteiger charge is -2.30. The van der Waals surface area contributed by atoms with Gasteiger partial charge in [-0.1, -0.05) is 15.9 Å². The first-order valence-electron chi connectivity index (χ1n) is 4.69. The number of hydrogen-bond donors (Lipinski definition) is 1. The maximum absolute atomic E-state index is 11.3. The van der Waals surface area contributed by atoms with E-state index in [9.17, 15) is 9.59 Å². The standard InChI is InChI=1S/C9H12BrNO3/c1-4(12)11-6-2-5-3-7(8(6)10)14-9(5)13/h5-8H,2-3H2,1H3,(H,11,12)/t5-,6+,7-,8-/m1/s1. The maximum Gasteiger partial charge on any atom is 0.309 e. The molecule has 4 atom stereocenters. The van der Waals surface area contributed by atoms with Gasteiger partial charge in [0.05, 0.1) is 10.7 Å². The van der Waals surface area contributed by atoms with Gasteiger partial charge in [0, 0.05) is 13.0 Å². The van der Waals surface area contributed by atoms with Gasteiger partial charge in [0.25, 0.3) is 0 Å². The van der Waals surface area contributed by atoms with Gasteiger partial charge in [-0.25, -0.2) is 0 Å². The third-order valence-electron chi connectivity index (χ3n) is 2.78.